The molecule has 3 aromatic rings. The summed E-state index contributed by atoms with van der Waals surface area (Å²) in [5, 5.41) is 3.92. The minimum Gasteiger partial charge on any atom is -0.497 e. The first kappa shape index (κ1) is 14.2. The fourth-order valence-corrected chi connectivity index (χ4v) is 2.48. The van der Waals surface area contributed by atoms with Crippen LogP contribution in [0.25, 0.3) is 10.9 Å². The van der Waals surface area contributed by atoms with Crippen molar-refractivity contribution in [2.45, 2.75) is 13.3 Å². The van der Waals surface area contributed by atoms with Gasteiger partial charge in [-0.3, -0.25) is 4.79 Å². The summed E-state index contributed by atoms with van der Waals surface area (Å²) in [5.74, 6) is 0.674. The zero-order valence-corrected chi connectivity index (χ0v) is 12.6. The molecule has 3 rings (SSSR count). The number of fused-ring (bicyclic) bond motifs is 1. The van der Waals surface area contributed by atoms with Crippen molar-refractivity contribution in [1.82, 2.24) is 20.3 Å². The maximum absolute atomic E-state index is 12.3. The molecule has 0 atom stereocenters. The highest BCUT2D eigenvalue weighted by Gasteiger charge is 2.14. The van der Waals surface area contributed by atoms with Gasteiger partial charge in [0, 0.05) is 35.8 Å². The van der Waals surface area contributed by atoms with E-state index in [1.54, 1.807) is 19.6 Å². The molecule has 114 valence electrons. The van der Waals surface area contributed by atoms with Gasteiger partial charge >= 0.3 is 0 Å². The Morgan fingerprint density at radius 3 is 3.00 bits per heavy atom. The maximum Gasteiger partial charge on any atom is 0.268 e. The molecule has 0 radical (unpaired) electrons. The lowest BCUT2D eigenvalue weighted by molar-refractivity contribution is 0.0949. The quantitative estimate of drug-likeness (QED) is 0.675. The minimum absolute atomic E-state index is 0.104. The second kappa shape index (κ2) is 5.93. The van der Waals surface area contributed by atoms with Crippen molar-refractivity contribution in [2.75, 3.05) is 13.7 Å². The van der Waals surface area contributed by atoms with Crippen molar-refractivity contribution < 1.29 is 9.53 Å². The van der Waals surface area contributed by atoms with Crippen LogP contribution in [0.3, 0.4) is 0 Å². The van der Waals surface area contributed by atoms with Gasteiger partial charge < -0.3 is 20.0 Å². The summed E-state index contributed by atoms with van der Waals surface area (Å²) < 4.78 is 5.23. The number of aromatic amines is 2. The summed E-state index contributed by atoms with van der Waals surface area (Å²) in [6.45, 7) is 2.49. The van der Waals surface area contributed by atoms with Crippen LogP contribution < -0.4 is 10.1 Å². The molecule has 0 fully saturated rings. The summed E-state index contributed by atoms with van der Waals surface area (Å²) in [7, 11) is 1.63. The Hall–Kier alpha value is -2.76. The Morgan fingerprint density at radius 1 is 1.41 bits per heavy atom. The van der Waals surface area contributed by atoms with E-state index in [1.807, 2.05) is 25.1 Å². The highest BCUT2D eigenvalue weighted by molar-refractivity contribution is 6.01. The Balaban J connectivity index is 1.74. The molecule has 0 aliphatic carbocycles. The molecule has 0 bridgehead atoms. The van der Waals surface area contributed by atoms with E-state index in [9.17, 15) is 4.79 Å². The predicted molar refractivity (Wildman–Crippen MR) is 84.2 cm³/mol. The normalized spacial score (nSPS) is 10.8. The zero-order chi connectivity index (χ0) is 15.5. The van der Waals surface area contributed by atoms with Gasteiger partial charge in [-0.25, -0.2) is 4.98 Å². The molecule has 1 amide bonds. The van der Waals surface area contributed by atoms with Gasteiger partial charge in [0.1, 0.15) is 11.4 Å². The number of H-pyrrole nitrogens is 2. The van der Waals surface area contributed by atoms with Crippen LogP contribution in [0, 0.1) is 6.92 Å². The van der Waals surface area contributed by atoms with E-state index >= 15 is 0 Å². The van der Waals surface area contributed by atoms with Crippen molar-refractivity contribution >= 4 is 16.8 Å². The molecule has 2 aromatic heterocycles. The van der Waals surface area contributed by atoms with Crippen LogP contribution in [0.5, 0.6) is 5.75 Å². The molecule has 2 heterocycles. The third kappa shape index (κ3) is 2.67. The average molecular weight is 298 g/mol. The molecular weight excluding hydrogens is 280 g/mol. The number of carbonyl (C=O) groups is 1. The smallest absolute Gasteiger partial charge is 0.268 e. The molecule has 6 heteroatoms. The third-order valence-corrected chi connectivity index (χ3v) is 3.73. The molecule has 6 nitrogen and oxygen atoms in total. The van der Waals surface area contributed by atoms with Gasteiger partial charge in [0.05, 0.1) is 13.4 Å². The second-order valence-electron chi connectivity index (χ2n) is 5.12. The maximum atomic E-state index is 12.3. The number of imidazole rings is 1. The van der Waals surface area contributed by atoms with Crippen LogP contribution in [0.15, 0.2) is 30.7 Å². The van der Waals surface area contributed by atoms with Crippen molar-refractivity contribution in [3.05, 3.63) is 47.7 Å². The highest BCUT2D eigenvalue weighted by Crippen LogP contribution is 2.25. The first-order valence-electron chi connectivity index (χ1n) is 7.11. The average Bonchev–Trinajstić information content (AvgIpc) is 3.15. The predicted octanol–water partition coefficient (Wildman–Crippen LogP) is 2.18. The molecular formula is C16H18N4O2. The Bertz CT molecular complexity index is 790. The van der Waals surface area contributed by atoms with E-state index in [0.717, 1.165) is 34.3 Å². The van der Waals surface area contributed by atoms with Crippen LogP contribution in [-0.2, 0) is 6.42 Å². The number of rotatable bonds is 5. The minimum atomic E-state index is -0.104. The van der Waals surface area contributed by atoms with Gasteiger partial charge in [-0.15, -0.1) is 0 Å². The van der Waals surface area contributed by atoms with Crippen LogP contribution in [0.4, 0.5) is 0 Å². The number of methoxy groups -OCH3 is 1. The summed E-state index contributed by atoms with van der Waals surface area (Å²) in [6, 6.07) is 5.73. The summed E-state index contributed by atoms with van der Waals surface area (Å²) >= 11 is 0. The molecule has 22 heavy (non-hydrogen) atoms. The summed E-state index contributed by atoms with van der Waals surface area (Å²) in [6.07, 6.45) is 4.11. The fraction of sp³-hybridized carbons (Fsp3) is 0.250. The van der Waals surface area contributed by atoms with Gasteiger partial charge in [0.25, 0.3) is 5.91 Å². The topological polar surface area (TPSA) is 82.8 Å². The lowest BCUT2D eigenvalue weighted by Crippen LogP contribution is -2.26. The molecule has 3 N–H and O–H groups in total. The van der Waals surface area contributed by atoms with E-state index in [2.05, 4.69) is 20.3 Å². The van der Waals surface area contributed by atoms with Crippen molar-refractivity contribution in [3.8, 4) is 5.75 Å². The summed E-state index contributed by atoms with van der Waals surface area (Å²) in [4.78, 5) is 22.5. The monoisotopic (exact) mass is 298 g/mol. The molecule has 0 spiro atoms. The van der Waals surface area contributed by atoms with E-state index in [1.165, 1.54) is 0 Å². The molecule has 0 unspecified atom stereocenters. The number of carbonyl (C=O) groups excluding carboxylic acids is 1. The lowest BCUT2D eigenvalue weighted by atomic mass is 10.1. The number of aromatic nitrogens is 3. The number of benzene rings is 1. The number of nitrogens with one attached hydrogen (secondary N) is 3. The van der Waals surface area contributed by atoms with Gasteiger partial charge in [-0.1, -0.05) is 0 Å². The van der Waals surface area contributed by atoms with Gasteiger partial charge in [0.2, 0.25) is 0 Å². The Labute approximate surface area is 127 Å². The third-order valence-electron chi connectivity index (χ3n) is 3.73. The number of amides is 1. The number of hydrogen-bond donors (Lipinski definition) is 3. The number of hydrogen-bond acceptors (Lipinski definition) is 3. The Kier molecular flexibility index (Phi) is 3.82. The molecule has 1 aromatic carbocycles. The fourth-order valence-electron chi connectivity index (χ4n) is 2.48. The van der Waals surface area contributed by atoms with Crippen LogP contribution in [0.1, 0.15) is 21.7 Å². The van der Waals surface area contributed by atoms with Crippen molar-refractivity contribution in [2.24, 2.45) is 0 Å². The zero-order valence-electron chi connectivity index (χ0n) is 12.6. The first-order chi connectivity index (χ1) is 10.7. The van der Waals surface area contributed by atoms with E-state index in [0.29, 0.717) is 12.2 Å². The van der Waals surface area contributed by atoms with E-state index in [4.69, 9.17) is 4.74 Å². The molecule has 0 aliphatic rings. The van der Waals surface area contributed by atoms with Crippen LogP contribution >= 0.6 is 0 Å². The number of ether oxygens (including phenoxy) is 1. The lowest BCUT2D eigenvalue weighted by Gasteiger charge is -2.03. The summed E-state index contributed by atoms with van der Waals surface area (Å²) in [5.41, 5.74) is 3.44. The highest BCUT2D eigenvalue weighted by atomic mass is 16.5. The molecule has 0 aliphatic heterocycles. The standard InChI is InChI=1S/C16H18N4O2/c1-10-13-7-12(22-2)3-4-14(13)20-15(10)16(21)18-6-5-11-8-17-9-19-11/h3-4,7-9,20H,5-6H2,1-2H3,(H,17,19)(H,18,21). The number of aryl methyl sites for hydroxylation is 1. The molecule has 0 saturated carbocycles. The SMILES string of the molecule is COc1ccc2[nH]c(C(=O)NCCc3cnc[nH]3)c(C)c2c1. The van der Waals surface area contributed by atoms with Gasteiger partial charge in [-0.2, -0.15) is 0 Å². The van der Waals surface area contributed by atoms with E-state index in [-0.39, 0.29) is 5.91 Å². The van der Waals surface area contributed by atoms with Crippen LogP contribution in [-0.4, -0.2) is 34.5 Å². The van der Waals surface area contributed by atoms with Crippen LogP contribution in [0.2, 0.25) is 0 Å². The number of nitrogens with zero attached hydrogens (tertiary/aromatic N) is 1. The molecule has 0 saturated heterocycles. The van der Waals surface area contributed by atoms with Crippen molar-refractivity contribution in [1.29, 1.82) is 0 Å². The Morgan fingerprint density at radius 2 is 2.27 bits per heavy atom. The van der Waals surface area contributed by atoms with Gasteiger partial charge in [-0.05, 0) is 30.7 Å². The van der Waals surface area contributed by atoms with Crippen molar-refractivity contribution in [3.63, 3.8) is 0 Å². The van der Waals surface area contributed by atoms with E-state index < -0.39 is 0 Å². The largest absolute Gasteiger partial charge is 0.497 e. The second-order valence-corrected chi connectivity index (χ2v) is 5.12. The first-order valence-corrected chi connectivity index (χ1v) is 7.11. The van der Waals surface area contributed by atoms with Gasteiger partial charge in [0.15, 0.2) is 0 Å².